The second-order valence-electron chi connectivity index (χ2n) is 9.47. The fraction of sp³-hybridized carbons (Fsp3) is 0.444. The minimum absolute atomic E-state index is 0.00823. The van der Waals surface area contributed by atoms with Gasteiger partial charge in [-0.15, -0.1) is 0 Å². The van der Waals surface area contributed by atoms with Gasteiger partial charge in [0.15, 0.2) is 0 Å². The summed E-state index contributed by atoms with van der Waals surface area (Å²) in [5.74, 6) is -0.903. The Morgan fingerprint density at radius 3 is 2.09 bits per heavy atom. The fourth-order valence-electron chi connectivity index (χ4n) is 4.69. The molecule has 2 atom stereocenters. The van der Waals surface area contributed by atoms with E-state index in [2.05, 4.69) is 48.7 Å². The number of nitrogens with one attached hydrogen (secondary N) is 2. The number of amides is 2. The monoisotopic (exact) mass is 466 g/mol. The number of carboxylic acids is 1. The molecule has 3 rings (SSSR count). The molecule has 1 aliphatic carbocycles. The number of ether oxygens (including phenoxy) is 1. The van der Waals surface area contributed by atoms with E-state index in [-0.39, 0.29) is 37.2 Å². The summed E-state index contributed by atoms with van der Waals surface area (Å²) in [6.07, 6.45) is 0.338. The van der Waals surface area contributed by atoms with Gasteiger partial charge < -0.3 is 20.5 Å². The maximum absolute atomic E-state index is 12.5. The summed E-state index contributed by atoms with van der Waals surface area (Å²) in [4.78, 5) is 35.7. The van der Waals surface area contributed by atoms with Crippen molar-refractivity contribution in [2.24, 2.45) is 11.8 Å². The standard InChI is InChI=1S/C27H34N2O5/c1-17(2)12-19(14-25(30)29-18(3)13-26(31)32)15-28-27(33)34-16-24-22-10-6-4-8-20(22)21-9-5-7-11-23(21)24/h4-11,17-19,24H,12-16H2,1-3H3,(H,28,33)(H,29,30)(H,31,32)/t18-,19?/m1/s1. The number of aliphatic carboxylic acids is 1. The number of carbonyl (C=O) groups excluding carboxylic acids is 2. The van der Waals surface area contributed by atoms with Gasteiger partial charge in [-0.05, 0) is 47.4 Å². The Morgan fingerprint density at radius 1 is 0.941 bits per heavy atom. The van der Waals surface area contributed by atoms with E-state index in [0.717, 1.165) is 17.5 Å². The molecule has 2 amide bonds. The van der Waals surface area contributed by atoms with Crippen molar-refractivity contribution in [3.05, 3.63) is 59.7 Å². The topological polar surface area (TPSA) is 105 Å². The molecule has 0 fully saturated rings. The molecule has 7 heteroatoms. The zero-order valence-corrected chi connectivity index (χ0v) is 20.0. The molecular formula is C27H34N2O5. The van der Waals surface area contributed by atoms with Crippen molar-refractivity contribution in [2.45, 2.75) is 52.0 Å². The Hall–Kier alpha value is -3.35. The van der Waals surface area contributed by atoms with Crippen LogP contribution in [0.5, 0.6) is 0 Å². The minimum Gasteiger partial charge on any atom is -0.481 e. The van der Waals surface area contributed by atoms with E-state index < -0.39 is 18.1 Å². The average Bonchev–Trinajstić information content (AvgIpc) is 3.08. The molecule has 7 nitrogen and oxygen atoms in total. The first-order valence-corrected chi connectivity index (χ1v) is 11.8. The van der Waals surface area contributed by atoms with Gasteiger partial charge in [0.2, 0.25) is 5.91 Å². The molecule has 1 unspecified atom stereocenters. The zero-order chi connectivity index (χ0) is 24.7. The Labute approximate surface area is 200 Å². The van der Waals surface area contributed by atoms with Crippen molar-refractivity contribution in [3.8, 4) is 11.1 Å². The SMILES string of the molecule is CC(C)CC(CNC(=O)OCC1c2ccccc2-c2ccccc21)CC(=O)N[C@H](C)CC(=O)O. The van der Waals surface area contributed by atoms with E-state index in [0.29, 0.717) is 12.5 Å². The molecule has 182 valence electrons. The van der Waals surface area contributed by atoms with Crippen molar-refractivity contribution in [1.82, 2.24) is 10.6 Å². The molecule has 0 heterocycles. The highest BCUT2D eigenvalue weighted by Crippen LogP contribution is 2.44. The lowest BCUT2D eigenvalue weighted by molar-refractivity contribution is -0.137. The maximum Gasteiger partial charge on any atom is 0.407 e. The number of hydrogen-bond donors (Lipinski definition) is 3. The predicted octanol–water partition coefficient (Wildman–Crippen LogP) is 4.56. The summed E-state index contributed by atoms with van der Waals surface area (Å²) in [6, 6.07) is 15.9. The summed E-state index contributed by atoms with van der Waals surface area (Å²) < 4.78 is 5.59. The lowest BCUT2D eigenvalue weighted by atomic mass is 9.93. The van der Waals surface area contributed by atoms with Crippen LogP contribution in [0, 0.1) is 11.8 Å². The number of benzene rings is 2. The molecule has 3 N–H and O–H groups in total. The molecule has 0 aromatic heterocycles. The number of rotatable bonds is 11. The first kappa shape index (κ1) is 25.3. The molecule has 0 saturated heterocycles. The Bertz CT molecular complexity index is 974. The Balaban J connectivity index is 1.53. The largest absolute Gasteiger partial charge is 0.481 e. The van der Waals surface area contributed by atoms with Crippen LogP contribution in [0.4, 0.5) is 4.79 Å². The molecule has 2 aromatic carbocycles. The van der Waals surface area contributed by atoms with Crippen molar-refractivity contribution in [3.63, 3.8) is 0 Å². The highest BCUT2D eigenvalue weighted by Gasteiger charge is 2.29. The summed E-state index contributed by atoms with van der Waals surface area (Å²) in [6.45, 7) is 6.34. The van der Waals surface area contributed by atoms with E-state index in [9.17, 15) is 14.4 Å². The number of alkyl carbamates (subject to hydrolysis) is 1. The van der Waals surface area contributed by atoms with Crippen LogP contribution in [-0.4, -0.2) is 42.3 Å². The molecule has 34 heavy (non-hydrogen) atoms. The van der Waals surface area contributed by atoms with Gasteiger partial charge in [-0.2, -0.15) is 0 Å². The number of fused-ring (bicyclic) bond motifs is 3. The van der Waals surface area contributed by atoms with Crippen LogP contribution in [0.15, 0.2) is 48.5 Å². The third kappa shape index (κ3) is 6.83. The van der Waals surface area contributed by atoms with Crippen LogP contribution in [0.1, 0.15) is 57.1 Å². The number of carboxylic acid groups (broad SMARTS) is 1. The van der Waals surface area contributed by atoms with Crippen molar-refractivity contribution >= 4 is 18.0 Å². The first-order chi connectivity index (χ1) is 16.2. The van der Waals surface area contributed by atoms with E-state index >= 15 is 0 Å². The van der Waals surface area contributed by atoms with Crippen LogP contribution < -0.4 is 10.6 Å². The summed E-state index contributed by atoms with van der Waals surface area (Å²) >= 11 is 0. The van der Waals surface area contributed by atoms with Crippen LogP contribution in [-0.2, 0) is 14.3 Å². The molecule has 1 aliphatic rings. The lowest BCUT2D eigenvalue weighted by Crippen LogP contribution is -2.38. The van der Waals surface area contributed by atoms with E-state index in [4.69, 9.17) is 9.84 Å². The van der Waals surface area contributed by atoms with Gasteiger partial charge in [0.05, 0.1) is 6.42 Å². The Kier molecular flexibility index (Phi) is 8.68. The molecule has 2 aromatic rings. The van der Waals surface area contributed by atoms with Crippen LogP contribution >= 0.6 is 0 Å². The number of carbonyl (C=O) groups is 3. The van der Waals surface area contributed by atoms with Gasteiger partial charge in [-0.1, -0.05) is 62.4 Å². The van der Waals surface area contributed by atoms with Crippen LogP contribution in [0.3, 0.4) is 0 Å². The smallest absolute Gasteiger partial charge is 0.407 e. The molecule has 0 bridgehead atoms. The predicted molar refractivity (Wildman–Crippen MR) is 130 cm³/mol. The van der Waals surface area contributed by atoms with Gasteiger partial charge in [-0.3, -0.25) is 9.59 Å². The van der Waals surface area contributed by atoms with E-state index in [1.807, 2.05) is 24.3 Å². The quantitative estimate of drug-likeness (QED) is 0.450. The first-order valence-electron chi connectivity index (χ1n) is 11.8. The van der Waals surface area contributed by atoms with Gasteiger partial charge in [0.1, 0.15) is 6.61 Å². The Morgan fingerprint density at radius 2 is 1.53 bits per heavy atom. The highest BCUT2D eigenvalue weighted by atomic mass is 16.5. The number of hydrogen-bond acceptors (Lipinski definition) is 4. The third-order valence-electron chi connectivity index (χ3n) is 6.05. The van der Waals surface area contributed by atoms with Crippen molar-refractivity contribution in [2.75, 3.05) is 13.2 Å². The molecule has 0 spiro atoms. The summed E-state index contributed by atoms with van der Waals surface area (Å²) in [5, 5.41) is 14.4. The van der Waals surface area contributed by atoms with Crippen molar-refractivity contribution in [1.29, 1.82) is 0 Å². The van der Waals surface area contributed by atoms with Gasteiger partial charge in [0.25, 0.3) is 0 Å². The average molecular weight is 467 g/mol. The molecule has 0 aliphatic heterocycles. The summed E-state index contributed by atoms with van der Waals surface area (Å²) in [7, 11) is 0. The second kappa shape index (κ2) is 11.7. The van der Waals surface area contributed by atoms with E-state index in [1.54, 1.807) is 6.92 Å². The van der Waals surface area contributed by atoms with Crippen molar-refractivity contribution < 1.29 is 24.2 Å². The normalized spacial score (nSPS) is 14.1. The minimum atomic E-state index is -0.955. The third-order valence-corrected chi connectivity index (χ3v) is 6.05. The van der Waals surface area contributed by atoms with Gasteiger partial charge in [-0.25, -0.2) is 4.79 Å². The highest BCUT2D eigenvalue weighted by molar-refractivity contribution is 5.79. The second-order valence-corrected chi connectivity index (χ2v) is 9.47. The molecule has 0 saturated carbocycles. The molecular weight excluding hydrogens is 432 g/mol. The van der Waals surface area contributed by atoms with Crippen LogP contribution in [0.2, 0.25) is 0 Å². The van der Waals surface area contributed by atoms with E-state index in [1.165, 1.54) is 11.1 Å². The maximum atomic E-state index is 12.5. The van der Waals surface area contributed by atoms with Crippen LogP contribution in [0.25, 0.3) is 11.1 Å². The summed E-state index contributed by atoms with van der Waals surface area (Å²) in [5.41, 5.74) is 4.65. The van der Waals surface area contributed by atoms with Gasteiger partial charge in [0, 0.05) is 24.9 Å². The lowest BCUT2D eigenvalue weighted by Gasteiger charge is -2.21. The van der Waals surface area contributed by atoms with Gasteiger partial charge >= 0.3 is 12.1 Å². The zero-order valence-electron chi connectivity index (χ0n) is 20.0. The fourth-order valence-corrected chi connectivity index (χ4v) is 4.69. The molecule has 0 radical (unpaired) electrons.